The van der Waals surface area contributed by atoms with Gasteiger partial charge in [-0.3, -0.25) is 4.79 Å². The third-order valence-electron chi connectivity index (χ3n) is 2.91. The molecule has 1 rings (SSSR count). The zero-order valence-corrected chi connectivity index (χ0v) is 13.0. The quantitative estimate of drug-likeness (QED) is 0.743. The molecule has 1 unspecified atom stereocenters. The third-order valence-corrected chi connectivity index (χ3v) is 5.90. The summed E-state index contributed by atoms with van der Waals surface area (Å²) in [4.78, 5) is 24.2. The molecule has 1 saturated heterocycles. The van der Waals surface area contributed by atoms with Crippen molar-refractivity contribution in [3.63, 3.8) is 0 Å². The van der Waals surface area contributed by atoms with Gasteiger partial charge in [0.15, 0.2) is 0 Å². The van der Waals surface area contributed by atoms with E-state index in [-0.39, 0.29) is 23.8 Å². The highest BCUT2D eigenvalue weighted by Gasteiger charge is 2.50. The summed E-state index contributed by atoms with van der Waals surface area (Å²) in [5.74, 6) is 0.0770. The Hall–Kier alpha value is -0.433. The summed E-state index contributed by atoms with van der Waals surface area (Å²) >= 11 is 0. The van der Waals surface area contributed by atoms with Gasteiger partial charge in [-0.25, -0.2) is 0 Å². The minimum atomic E-state index is -3.38. The molecule has 1 atom stereocenters. The van der Waals surface area contributed by atoms with E-state index < -0.39 is 8.80 Å². The normalized spacial score (nSPS) is 19.1. The lowest BCUT2D eigenvalue weighted by atomic mass is 10.4. The number of rotatable bonds is 6. The molecule has 1 aliphatic heterocycles. The first-order chi connectivity index (χ1) is 8.26. The van der Waals surface area contributed by atoms with E-state index in [1.54, 1.807) is 4.90 Å². The van der Waals surface area contributed by atoms with Crippen molar-refractivity contribution in [3.05, 3.63) is 0 Å². The fraction of sp³-hybridized carbons (Fsp3) is 0.917. The molecule has 1 heterocycles. The number of hydrogen-bond acceptors (Lipinski definition) is 4. The molecule has 0 aromatic heterocycles. The van der Waals surface area contributed by atoms with E-state index in [1.807, 2.05) is 34.6 Å². The first kappa shape index (κ1) is 15.6. The fourth-order valence-corrected chi connectivity index (χ4v) is 4.64. The maximum atomic E-state index is 11.8. The van der Waals surface area contributed by atoms with E-state index in [9.17, 15) is 9.59 Å². The zero-order valence-electron chi connectivity index (χ0n) is 12.0. The number of hydrogen-bond donors (Lipinski definition) is 1. The van der Waals surface area contributed by atoms with E-state index >= 15 is 0 Å². The van der Waals surface area contributed by atoms with Crippen LogP contribution in [0.5, 0.6) is 0 Å². The van der Waals surface area contributed by atoms with Crippen LogP contribution in [0.2, 0.25) is 0 Å². The Morgan fingerprint density at radius 1 is 1.17 bits per heavy atom. The largest absolute Gasteiger partial charge is 0.522 e. The lowest BCUT2D eigenvalue weighted by Gasteiger charge is -2.37. The van der Waals surface area contributed by atoms with Gasteiger partial charge in [0.05, 0.1) is 5.67 Å². The van der Waals surface area contributed by atoms with Crippen LogP contribution in [-0.2, 0) is 13.6 Å². The van der Waals surface area contributed by atoms with Crippen molar-refractivity contribution in [2.75, 3.05) is 6.54 Å². The smallest absolute Gasteiger partial charge is 0.388 e. The number of nitrogens with zero attached hydrogens (tertiary/aromatic N) is 1. The van der Waals surface area contributed by atoms with Gasteiger partial charge in [0, 0.05) is 25.2 Å². The van der Waals surface area contributed by atoms with Crippen LogP contribution in [0.4, 0.5) is 0 Å². The Bertz CT molecular complexity index is 286. The van der Waals surface area contributed by atoms with Crippen LogP contribution in [0.25, 0.3) is 0 Å². The Morgan fingerprint density at radius 2 is 1.67 bits per heavy atom. The molecule has 0 bridgehead atoms. The first-order valence-electron chi connectivity index (χ1n) is 6.63. The molecule has 1 fully saturated rings. The van der Waals surface area contributed by atoms with Gasteiger partial charge in [-0.05, 0) is 41.0 Å². The second kappa shape index (κ2) is 6.14. The van der Waals surface area contributed by atoms with Gasteiger partial charge in [0.25, 0.3) is 0 Å². The number of amides is 1. The Labute approximate surface area is 110 Å². The molecular formula is C12H25NO4Si. The number of likely N-dealkylation sites (tertiary alicyclic amines) is 1. The predicted molar refractivity (Wildman–Crippen MR) is 70.8 cm³/mol. The fourth-order valence-electron chi connectivity index (χ4n) is 2.18. The van der Waals surface area contributed by atoms with Crippen molar-refractivity contribution in [1.29, 1.82) is 0 Å². The summed E-state index contributed by atoms with van der Waals surface area (Å²) in [6.45, 7) is 9.94. The molecule has 0 saturated carbocycles. The first-order valence-corrected chi connectivity index (χ1v) is 8.48. The van der Waals surface area contributed by atoms with Gasteiger partial charge in [0.2, 0.25) is 5.91 Å². The molecule has 1 amide bonds. The van der Waals surface area contributed by atoms with Crippen LogP contribution in [0.1, 0.15) is 47.5 Å². The summed E-state index contributed by atoms with van der Waals surface area (Å²) in [6, 6.07) is 0. The summed E-state index contributed by atoms with van der Waals surface area (Å²) in [5.41, 5.74) is -0.378. The molecule has 0 spiro atoms. The van der Waals surface area contributed by atoms with Crippen LogP contribution >= 0.6 is 0 Å². The molecule has 5 nitrogen and oxygen atoms in total. The standard InChI is InChI=1S/C12H25NO4Si/c1-9(2)16-18(15,17-10(3)4)11(5)13-8-6-7-12(13)14/h9-11,15H,6-8H2,1-5H3. The Kier molecular flexibility index (Phi) is 5.33. The summed E-state index contributed by atoms with van der Waals surface area (Å²) in [7, 11) is -3.38. The second-order valence-corrected chi connectivity index (χ2v) is 7.90. The van der Waals surface area contributed by atoms with Crippen molar-refractivity contribution in [2.45, 2.75) is 65.3 Å². The summed E-state index contributed by atoms with van der Waals surface area (Å²) < 4.78 is 11.3. The molecule has 6 heteroatoms. The maximum Gasteiger partial charge on any atom is 0.522 e. The minimum absolute atomic E-state index is 0.0770. The van der Waals surface area contributed by atoms with Crippen molar-refractivity contribution in [3.8, 4) is 0 Å². The van der Waals surface area contributed by atoms with Crippen LogP contribution in [-0.4, -0.2) is 48.8 Å². The van der Waals surface area contributed by atoms with Crippen molar-refractivity contribution in [1.82, 2.24) is 4.90 Å². The highest BCUT2D eigenvalue weighted by Crippen LogP contribution is 2.23. The van der Waals surface area contributed by atoms with E-state index in [2.05, 4.69) is 0 Å². The average molecular weight is 275 g/mol. The van der Waals surface area contributed by atoms with Gasteiger partial charge in [-0.2, -0.15) is 0 Å². The van der Waals surface area contributed by atoms with E-state index in [0.29, 0.717) is 13.0 Å². The minimum Gasteiger partial charge on any atom is -0.388 e. The Morgan fingerprint density at radius 3 is 2.00 bits per heavy atom. The lowest BCUT2D eigenvalue weighted by molar-refractivity contribution is -0.129. The highest BCUT2D eigenvalue weighted by molar-refractivity contribution is 6.61. The van der Waals surface area contributed by atoms with Crippen molar-refractivity contribution in [2.24, 2.45) is 0 Å². The van der Waals surface area contributed by atoms with E-state index in [4.69, 9.17) is 8.85 Å². The van der Waals surface area contributed by atoms with Crippen molar-refractivity contribution < 1.29 is 18.4 Å². The zero-order chi connectivity index (χ0) is 13.9. The summed E-state index contributed by atoms with van der Waals surface area (Å²) in [5, 5.41) is 0. The summed E-state index contributed by atoms with van der Waals surface area (Å²) in [6.07, 6.45) is 1.15. The highest BCUT2D eigenvalue weighted by atomic mass is 28.4. The van der Waals surface area contributed by atoms with E-state index in [1.165, 1.54) is 0 Å². The van der Waals surface area contributed by atoms with Gasteiger partial charge in [-0.15, -0.1) is 0 Å². The van der Waals surface area contributed by atoms with Gasteiger partial charge in [-0.1, -0.05) is 0 Å². The molecule has 1 N–H and O–H groups in total. The molecule has 0 radical (unpaired) electrons. The van der Waals surface area contributed by atoms with Crippen molar-refractivity contribution >= 4 is 14.7 Å². The molecule has 18 heavy (non-hydrogen) atoms. The molecule has 0 aromatic rings. The van der Waals surface area contributed by atoms with E-state index in [0.717, 1.165) is 6.42 Å². The van der Waals surface area contributed by atoms with Gasteiger partial charge < -0.3 is 18.5 Å². The molecule has 0 aliphatic carbocycles. The number of carbonyl (C=O) groups excluding carboxylic acids is 1. The lowest BCUT2D eigenvalue weighted by Crippen LogP contribution is -2.61. The Balaban J connectivity index is 2.83. The van der Waals surface area contributed by atoms with Gasteiger partial charge >= 0.3 is 8.80 Å². The maximum absolute atomic E-state index is 11.8. The van der Waals surface area contributed by atoms with Crippen LogP contribution in [0.3, 0.4) is 0 Å². The molecule has 1 aliphatic rings. The molecule has 0 aromatic carbocycles. The topological polar surface area (TPSA) is 59.0 Å². The molecular weight excluding hydrogens is 250 g/mol. The second-order valence-electron chi connectivity index (χ2n) is 5.33. The average Bonchev–Trinajstić information content (AvgIpc) is 2.60. The third kappa shape index (κ3) is 3.78. The SMILES string of the molecule is CC(C)O[Si](O)(OC(C)C)C(C)N1CCCC1=O. The van der Waals surface area contributed by atoms with Crippen LogP contribution < -0.4 is 0 Å². The predicted octanol–water partition coefficient (Wildman–Crippen LogP) is 1.32. The van der Waals surface area contributed by atoms with Crippen LogP contribution in [0, 0.1) is 0 Å². The molecule has 106 valence electrons. The van der Waals surface area contributed by atoms with Gasteiger partial charge in [0.1, 0.15) is 0 Å². The number of carbonyl (C=O) groups is 1. The monoisotopic (exact) mass is 275 g/mol. The van der Waals surface area contributed by atoms with Crippen LogP contribution in [0.15, 0.2) is 0 Å².